The van der Waals surface area contributed by atoms with Gasteiger partial charge in [-0.2, -0.15) is 0 Å². The summed E-state index contributed by atoms with van der Waals surface area (Å²) < 4.78 is 7.02. The molecule has 0 saturated carbocycles. The van der Waals surface area contributed by atoms with Crippen LogP contribution in [0.1, 0.15) is 65.5 Å². The van der Waals surface area contributed by atoms with Gasteiger partial charge in [-0.05, 0) is 5.41 Å². The maximum absolute atomic E-state index is 6.41. The molecule has 1 atom stereocenters. The second kappa shape index (κ2) is 10.2. The van der Waals surface area contributed by atoms with Crippen molar-refractivity contribution in [3.63, 3.8) is 0 Å². The molecule has 1 unspecified atom stereocenters. The van der Waals surface area contributed by atoms with Crippen molar-refractivity contribution in [1.82, 2.24) is 0 Å². The van der Waals surface area contributed by atoms with E-state index in [1.165, 1.54) is 22.0 Å². The van der Waals surface area contributed by atoms with Gasteiger partial charge >= 0.3 is 124 Å². The first-order valence-corrected chi connectivity index (χ1v) is 21.4. The van der Waals surface area contributed by atoms with Crippen LogP contribution in [0.15, 0.2) is 24.3 Å². The third kappa shape index (κ3) is 11.2. The average molecular weight is 488 g/mol. The van der Waals surface area contributed by atoms with Gasteiger partial charge in [0.2, 0.25) is 0 Å². The van der Waals surface area contributed by atoms with Crippen molar-refractivity contribution in [3.05, 3.63) is 35.4 Å². The van der Waals surface area contributed by atoms with E-state index >= 15 is 0 Å². The Kier molecular flexibility index (Phi) is 9.50. The first-order valence-electron chi connectivity index (χ1n) is 10.1. The molecule has 0 heterocycles. The van der Waals surface area contributed by atoms with Gasteiger partial charge in [0, 0.05) is 0 Å². The van der Waals surface area contributed by atoms with Crippen molar-refractivity contribution in [2.75, 3.05) is 6.61 Å². The minimum atomic E-state index is -2.13. The van der Waals surface area contributed by atoms with Gasteiger partial charge in [-0.3, -0.25) is 0 Å². The van der Waals surface area contributed by atoms with Gasteiger partial charge in [-0.15, -0.1) is 0 Å². The normalized spacial score (nSPS) is 14.5. The number of hydrogen-bond acceptors (Lipinski definition) is 1. The van der Waals surface area contributed by atoms with Crippen molar-refractivity contribution in [1.29, 1.82) is 0 Å². The molecule has 3 heteroatoms. The molecule has 1 aromatic rings. The van der Waals surface area contributed by atoms with Crippen molar-refractivity contribution in [2.24, 2.45) is 16.7 Å². The first-order chi connectivity index (χ1) is 11.8. The molecule has 0 aliphatic heterocycles. The Labute approximate surface area is 170 Å². The van der Waals surface area contributed by atoms with Crippen LogP contribution in [0.4, 0.5) is 0 Å². The van der Waals surface area contributed by atoms with Crippen molar-refractivity contribution in [3.8, 4) is 0 Å². The van der Waals surface area contributed by atoms with Gasteiger partial charge in [0.25, 0.3) is 0 Å². The molecule has 0 aromatic heterocycles. The fourth-order valence-electron chi connectivity index (χ4n) is 3.26. The van der Waals surface area contributed by atoms with Gasteiger partial charge in [0.15, 0.2) is 0 Å². The third-order valence-corrected chi connectivity index (χ3v) is 10.6. The Bertz CT molecular complexity index is 517. The maximum atomic E-state index is 6.41. The molecule has 0 amide bonds. The van der Waals surface area contributed by atoms with Gasteiger partial charge in [0.1, 0.15) is 0 Å². The number of rotatable bonds is 9. The van der Waals surface area contributed by atoms with Crippen LogP contribution in [-0.2, 0) is 17.8 Å². The number of ether oxygens (including phenoxy) is 1. The van der Waals surface area contributed by atoms with Gasteiger partial charge < -0.3 is 0 Å². The Hall–Kier alpha value is 0.269. The van der Waals surface area contributed by atoms with E-state index < -0.39 is 17.3 Å². The van der Waals surface area contributed by atoms with Crippen LogP contribution >= 0.6 is 8.92 Å². The predicted molar refractivity (Wildman–Crippen MR) is 120 cm³/mol. The molecule has 0 saturated heterocycles. The molecule has 0 N–H and O–H groups in total. The molecule has 0 spiro atoms. The van der Waals surface area contributed by atoms with Gasteiger partial charge in [0.05, 0.1) is 0 Å². The summed E-state index contributed by atoms with van der Waals surface area (Å²) in [5, 5.41) is 0. The molecular formula is C23H41ClOSn. The third-order valence-electron chi connectivity index (χ3n) is 4.92. The number of benzene rings is 1. The second-order valence-corrected chi connectivity index (χ2v) is 28.8. The van der Waals surface area contributed by atoms with Crippen molar-refractivity contribution < 1.29 is 4.74 Å². The standard InChI is InChI=1S/C21H35O.2CH3.ClH.Sn/c1-8-13-22-16-18-11-9-17(10-12-18)14-19(21(5,6)7)15-20(2,3)4;;;;/h9-12,19H,1,8,13-16H2,2-7H3;2*1H3;1H;/q;;;;+1/p-1. The Morgan fingerprint density at radius 1 is 0.962 bits per heavy atom. The van der Waals surface area contributed by atoms with Crippen LogP contribution in [-0.4, -0.2) is 23.9 Å². The minimum Gasteiger partial charge on any atom is -0.0599 e. The summed E-state index contributed by atoms with van der Waals surface area (Å²) in [6, 6.07) is 9.05. The molecule has 1 nitrogen and oxygen atoms in total. The molecule has 1 rings (SSSR count). The van der Waals surface area contributed by atoms with E-state index in [1.807, 2.05) is 0 Å². The molecule has 26 heavy (non-hydrogen) atoms. The van der Waals surface area contributed by atoms with E-state index in [4.69, 9.17) is 13.7 Å². The molecular weight excluding hydrogens is 446 g/mol. The Balaban J connectivity index is 2.52. The van der Waals surface area contributed by atoms with Crippen LogP contribution < -0.4 is 0 Å². The Morgan fingerprint density at radius 3 is 1.96 bits per heavy atom. The van der Waals surface area contributed by atoms with Crippen molar-refractivity contribution in [2.45, 2.75) is 81.7 Å². The van der Waals surface area contributed by atoms with Crippen LogP contribution in [0.2, 0.25) is 14.3 Å². The molecule has 1 aromatic carbocycles. The van der Waals surface area contributed by atoms with Crippen LogP contribution in [0.25, 0.3) is 0 Å². The molecule has 150 valence electrons. The summed E-state index contributed by atoms with van der Waals surface area (Å²) in [5.74, 6) is 0.690. The average Bonchev–Trinajstić information content (AvgIpc) is 2.44. The SMILES string of the molecule is CC(C)(C)CC(Cc1ccc(COCC[CH2][Sn]([CH3])([CH3])[Cl])cc1)C(C)(C)C. The summed E-state index contributed by atoms with van der Waals surface area (Å²) in [6.07, 6.45) is 3.51. The van der Waals surface area contributed by atoms with Gasteiger partial charge in [-0.25, -0.2) is 0 Å². The predicted octanol–water partition coefficient (Wildman–Crippen LogP) is 7.68. The number of hydrogen-bond donors (Lipinski definition) is 0. The summed E-state index contributed by atoms with van der Waals surface area (Å²) in [7, 11) is 6.41. The van der Waals surface area contributed by atoms with Crippen LogP contribution in [0.5, 0.6) is 0 Å². The van der Waals surface area contributed by atoms with Gasteiger partial charge in [-0.1, -0.05) is 41.5 Å². The molecule has 0 fully saturated rings. The summed E-state index contributed by atoms with van der Waals surface area (Å²) >= 11 is -2.13. The summed E-state index contributed by atoms with van der Waals surface area (Å²) in [6.45, 7) is 15.7. The zero-order valence-corrected chi connectivity index (χ0v) is 22.0. The monoisotopic (exact) mass is 488 g/mol. The topological polar surface area (TPSA) is 9.23 Å². The zero-order valence-electron chi connectivity index (χ0n) is 18.4. The molecule has 0 aliphatic carbocycles. The van der Waals surface area contributed by atoms with E-state index in [0.717, 1.165) is 19.4 Å². The van der Waals surface area contributed by atoms with E-state index in [-0.39, 0.29) is 0 Å². The van der Waals surface area contributed by atoms with Crippen molar-refractivity contribution >= 4 is 26.2 Å². The fraction of sp³-hybridized carbons (Fsp3) is 0.739. The van der Waals surface area contributed by atoms with Crippen LogP contribution in [0.3, 0.4) is 0 Å². The quantitative estimate of drug-likeness (QED) is 0.256. The summed E-state index contributed by atoms with van der Waals surface area (Å²) in [4.78, 5) is 4.53. The van der Waals surface area contributed by atoms with E-state index in [1.54, 1.807) is 0 Å². The molecule has 0 aliphatic rings. The molecule has 0 bridgehead atoms. The van der Waals surface area contributed by atoms with E-state index in [9.17, 15) is 0 Å². The van der Waals surface area contributed by atoms with E-state index in [0.29, 0.717) is 23.4 Å². The number of halogens is 1. The fourth-order valence-corrected chi connectivity index (χ4v) is 6.97. The Morgan fingerprint density at radius 2 is 1.50 bits per heavy atom. The molecule has 0 radical (unpaired) electrons. The minimum absolute atomic E-state index is 0.330. The first kappa shape index (κ1) is 24.3. The van der Waals surface area contributed by atoms with Crippen LogP contribution in [0, 0.1) is 16.7 Å². The summed E-state index contributed by atoms with van der Waals surface area (Å²) in [5.41, 5.74) is 3.41. The van der Waals surface area contributed by atoms with E-state index in [2.05, 4.69) is 75.7 Å². The smallest absolute Gasteiger partial charge is 0.0599 e. The zero-order chi connectivity index (χ0) is 20.0. The second-order valence-electron chi connectivity index (χ2n) is 10.7.